The Balaban J connectivity index is 1.32. The number of hydrogen-bond donors (Lipinski definition) is 0. The minimum absolute atomic E-state index is 0.0503. The maximum absolute atomic E-state index is 13.0. The van der Waals surface area contributed by atoms with Crippen molar-refractivity contribution >= 4 is 27.9 Å². The van der Waals surface area contributed by atoms with Gasteiger partial charge >= 0.3 is 0 Å². The second-order valence-corrected chi connectivity index (χ2v) is 7.71. The highest BCUT2D eigenvalue weighted by Gasteiger charge is 2.22. The third-order valence-corrected chi connectivity index (χ3v) is 5.71. The largest absolute Gasteiger partial charge is 0.459 e. The van der Waals surface area contributed by atoms with Gasteiger partial charge in [-0.15, -0.1) is 5.10 Å². The van der Waals surface area contributed by atoms with Crippen LogP contribution in [0, 0.1) is 0 Å². The summed E-state index contributed by atoms with van der Waals surface area (Å²) in [5, 5.41) is 9.46. The van der Waals surface area contributed by atoms with E-state index in [1.807, 2.05) is 90.5 Å². The molecule has 6 nitrogen and oxygen atoms in total. The molecule has 2 aromatic heterocycles. The van der Waals surface area contributed by atoms with Gasteiger partial charge < -0.3 is 9.32 Å². The number of rotatable bonds is 5. The van der Waals surface area contributed by atoms with E-state index in [0.717, 1.165) is 33.3 Å². The Morgan fingerprint density at radius 2 is 1.77 bits per heavy atom. The average molecular weight is 410 g/mol. The molecule has 0 aliphatic rings. The third kappa shape index (κ3) is 3.57. The van der Waals surface area contributed by atoms with Gasteiger partial charge in [0.15, 0.2) is 0 Å². The van der Waals surface area contributed by atoms with Crippen molar-refractivity contribution in [1.29, 1.82) is 0 Å². The first-order valence-electron chi connectivity index (χ1n) is 10.2. The van der Waals surface area contributed by atoms with Gasteiger partial charge in [0.1, 0.15) is 16.9 Å². The summed E-state index contributed by atoms with van der Waals surface area (Å²) in [5.41, 5.74) is 4.38. The lowest BCUT2D eigenvalue weighted by Crippen LogP contribution is -2.29. The van der Waals surface area contributed by atoms with E-state index in [4.69, 9.17) is 4.42 Å². The second-order valence-electron chi connectivity index (χ2n) is 7.71. The van der Waals surface area contributed by atoms with Crippen molar-refractivity contribution < 1.29 is 9.21 Å². The summed E-state index contributed by atoms with van der Waals surface area (Å²) in [6, 6.07) is 25.2. The molecule has 0 aliphatic heterocycles. The van der Waals surface area contributed by atoms with Crippen molar-refractivity contribution in [2.45, 2.75) is 19.5 Å². The first-order valence-corrected chi connectivity index (χ1v) is 10.2. The van der Waals surface area contributed by atoms with Crippen molar-refractivity contribution in [3.63, 3.8) is 0 Å². The van der Waals surface area contributed by atoms with E-state index in [-0.39, 0.29) is 11.9 Å². The Bertz CT molecular complexity index is 1330. The van der Waals surface area contributed by atoms with Crippen molar-refractivity contribution in [2.75, 3.05) is 7.05 Å². The van der Waals surface area contributed by atoms with Gasteiger partial charge in [-0.25, -0.2) is 4.68 Å². The number of fused-ring (bicyclic) bond motifs is 2. The number of carbonyl (C=O) groups is 1. The lowest BCUT2D eigenvalue weighted by Gasteiger charge is -2.23. The van der Waals surface area contributed by atoms with Gasteiger partial charge in [-0.05, 0) is 48.9 Å². The quantitative estimate of drug-likeness (QED) is 0.406. The first kappa shape index (κ1) is 19.1. The smallest absolute Gasteiger partial charge is 0.254 e. The van der Waals surface area contributed by atoms with E-state index in [1.54, 1.807) is 11.9 Å². The lowest BCUT2D eigenvalue weighted by atomic mass is 10.1. The van der Waals surface area contributed by atoms with Crippen LogP contribution in [-0.4, -0.2) is 32.8 Å². The van der Waals surface area contributed by atoms with Crippen LogP contribution in [-0.2, 0) is 6.54 Å². The number of nitrogens with zero attached hydrogens (tertiary/aromatic N) is 4. The summed E-state index contributed by atoms with van der Waals surface area (Å²) in [7, 11) is 1.80. The molecule has 1 atom stereocenters. The molecule has 2 heterocycles. The summed E-state index contributed by atoms with van der Waals surface area (Å²) in [4.78, 5) is 14.7. The van der Waals surface area contributed by atoms with Crippen LogP contribution < -0.4 is 0 Å². The zero-order valence-corrected chi connectivity index (χ0v) is 17.4. The van der Waals surface area contributed by atoms with Gasteiger partial charge in [0.2, 0.25) is 0 Å². The third-order valence-electron chi connectivity index (χ3n) is 5.71. The van der Waals surface area contributed by atoms with Crippen LogP contribution in [0.5, 0.6) is 0 Å². The summed E-state index contributed by atoms with van der Waals surface area (Å²) in [5.74, 6) is 0.720. The number of para-hydroxylation sites is 2. The molecule has 0 bridgehead atoms. The van der Waals surface area contributed by atoms with Gasteiger partial charge in [0.05, 0.1) is 18.1 Å². The molecule has 1 unspecified atom stereocenters. The Morgan fingerprint density at radius 3 is 2.58 bits per heavy atom. The molecule has 5 aromatic rings. The molecule has 5 rings (SSSR count). The Labute approximate surface area is 179 Å². The molecule has 0 saturated heterocycles. The second kappa shape index (κ2) is 7.72. The maximum Gasteiger partial charge on any atom is 0.254 e. The van der Waals surface area contributed by atoms with Gasteiger partial charge in [0.25, 0.3) is 5.91 Å². The van der Waals surface area contributed by atoms with Crippen LogP contribution in [0.4, 0.5) is 0 Å². The number of aromatic nitrogens is 3. The monoisotopic (exact) mass is 410 g/mol. The number of carbonyl (C=O) groups excluding carboxylic acids is 1. The molecule has 0 fully saturated rings. The van der Waals surface area contributed by atoms with E-state index in [1.165, 1.54) is 0 Å². The first-order chi connectivity index (χ1) is 15.1. The van der Waals surface area contributed by atoms with E-state index in [0.29, 0.717) is 12.1 Å². The molecule has 0 N–H and O–H groups in total. The molecular weight excluding hydrogens is 388 g/mol. The molecule has 31 heavy (non-hydrogen) atoms. The van der Waals surface area contributed by atoms with Crippen LogP contribution in [0.15, 0.2) is 83.3 Å². The van der Waals surface area contributed by atoms with Crippen LogP contribution >= 0.6 is 0 Å². The highest BCUT2D eigenvalue weighted by molar-refractivity contribution is 5.94. The fourth-order valence-corrected chi connectivity index (χ4v) is 3.74. The molecule has 154 valence electrons. The maximum atomic E-state index is 13.0. The minimum atomic E-state index is -0.180. The van der Waals surface area contributed by atoms with E-state index < -0.39 is 0 Å². The predicted molar refractivity (Wildman–Crippen MR) is 120 cm³/mol. The van der Waals surface area contributed by atoms with E-state index >= 15 is 0 Å². The molecule has 0 saturated carbocycles. The fourth-order valence-electron chi connectivity index (χ4n) is 3.74. The number of benzene rings is 3. The van der Waals surface area contributed by atoms with Gasteiger partial charge in [-0.1, -0.05) is 47.7 Å². The Kier molecular flexibility index (Phi) is 4.75. The van der Waals surface area contributed by atoms with Crippen molar-refractivity contribution in [3.05, 3.63) is 95.7 Å². The minimum Gasteiger partial charge on any atom is -0.459 e. The molecule has 6 heteroatoms. The number of amides is 1. The van der Waals surface area contributed by atoms with E-state index in [9.17, 15) is 4.79 Å². The zero-order chi connectivity index (χ0) is 21.4. The predicted octanol–water partition coefficient (Wildman–Crippen LogP) is 5.06. The molecule has 3 aromatic carbocycles. The number of hydrogen-bond acceptors (Lipinski definition) is 4. The zero-order valence-electron chi connectivity index (χ0n) is 17.4. The standard InChI is InChI=1S/C25H22N4O2/c1-17(24-15-20-7-3-6-10-23(20)31-24)28(2)25(30)19-13-11-18(12-14-19)16-29-22-9-5-4-8-21(22)26-27-29/h3-15,17H,16H2,1-2H3. The molecule has 0 aliphatic carbocycles. The van der Waals surface area contributed by atoms with Gasteiger partial charge in [-0.3, -0.25) is 4.79 Å². The molecule has 0 radical (unpaired) electrons. The van der Waals surface area contributed by atoms with Crippen LogP contribution in [0.2, 0.25) is 0 Å². The normalized spacial score (nSPS) is 12.3. The molecular formula is C25H22N4O2. The SMILES string of the molecule is CC(c1cc2ccccc2o1)N(C)C(=O)c1ccc(Cn2nnc3ccccc32)cc1. The summed E-state index contributed by atoms with van der Waals surface area (Å²) in [6.45, 7) is 2.57. The molecule has 1 amide bonds. The van der Waals surface area contributed by atoms with Crippen molar-refractivity contribution in [2.24, 2.45) is 0 Å². The van der Waals surface area contributed by atoms with Crippen LogP contribution in [0.25, 0.3) is 22.0 Å². The Morgan fingerprint density at radius 1 is 1.03 bits per heavy atom. The van der Waals surface area contributed by atoms with Crippen LogP contribution in [0.1, 0.15) is 34.6 Å². The summed E-state index contributed by atoms with van der Waals surface area (Å²) in [6.07, 6.45) is 0. The summed E-state index contributed by atoms with van der Waals surface area (Å²) >= 11 is 0. The number of furan rings is 1. The topological polar surface area (TPSA) is 64.2 Å². The lowest BCUT2D eigenvalue weighted by molar-refractivity contribution is 0.0727. The van der Waals surface area contributed by atoms with Gasteiger partial charge in [0, 0.05) is 18.0 Å². The fraction of sp³-hybridized carbons (Fsp3) is 0.160. The van der Waals surface area contributed by atoms with E-state index in [2.05, 4.69) is 10.3 Å². The van der Waals surface area contributed by atoms with Crippen molar-refractivity contribution in [1.82, 2.24) is 19.9 Å². The Hall–Kier alpha value is -3.93. The van der Waals surface area contributed by atoms with Crippen LogP contribution in [0.3, 0.4) is 0 Å². The van der Waals surface area contributed by atoms with Crippen molar-refractivity contribution in [3.8, 4) is 0 Å². The average Bonchev–Trinajstić information content (AvgIpc) is 3.42. The molecule has 0 spiro atoms. The van der Waals surface area contributed by atoms with Gasteiger partial charge in [-0.2, -0.15) is 0 Å². The highest BCUT2D eigenvalue weighted by atomic mass is 16.3. The highest BCUT2D eigenvalue weighted by Crippen LogP contribution is 2.27. The summed E-state index contributed by atoms with van der Waals surface area (Å²) < 4.78 is 7.80.